The molecular formula is C17H24FN5O2. The van der Waals surface area contributed by atoms with Crippen LogP contribution >= 0.6 is 0 Å². The van der Waals surface area contributed by atoms with Gasteiger partial charge in [-0.15, -0.1) is 0 Å². The quantitative estimate of drug-likeness (QED) is 0.805. The maximum Gasteiger partial charge on any atom is 0.319 e. The molecule has 0 saturated carbocycles. The number of nitrogens with one attached hydrogen (secondary N) is 2. The van der Waals surface area contributed by atoms with E-state index in [0.717, 1.165) is 5.56 Å². The van der Waals surface area contributed by atoms with Gasteiger partial charge in [0.25, 0.3) is 0 Å². The molecule has 0 aliphatic rings. The van der Waals surface area contributed by atoms with Crippen molar-refractivity contribution in [3.05, 3.63) is 42.0 Å². The third-order valence-corrected chi connectivity index (χ3v) is 3.68. The van der Waals surface area contributed by atoms with Crippen LogP contribution < -0.4 is 15.4 Å². The van der Waals surface area contributed by atoms with E-state index in [9.17, 15) is 9.18 Å². The summed E-state index contributed by atoms with van der Waals surface area (Å²) in [7, 11) is 5.72. The zero-order valence-electron chi connectivity index (χ0n) is 14.9. The molecule has 0 unspecified atom stereocenters. The first-order valence-electron chi connectivity index (χ1n) is 8.03. The summed E-state index contributed by atoms with van der Waals surface area (Å²) in [6.45, 7) is 2.57. The molecule has 1 aromatic heterocycles. The highest BCUT2D eigenvalue weighted by Crippen LogP contribution is 2.25. The van der Waals surface area contributed by atoms with Gasteiger partial charge in [0.05, 0.1) is 24.5 Å². The Labute approximate surface area is 146 Å². The maximum atomic E-state index is 13.3. The van der Waals surface area contributed by atoms with Gasteiger partial charge < -0.3 is 20.3 Å². The molecule has 2 rings (SSSR count). The Morgan fingerprint density at radius 3 is 2.80 bits per heavy atom. The summed E-state index contributed by atoms with van der Waals surface area (Å²) in [5, 5.41) is 9.68. The molecule has 25 heavy (non-hydrogen) atoms. The number of hydrogen-bond donors (Lipinski definition) is 2. The van der Waals surface area contributed by atoms with Crippen molar-refractivity contribution in [3.63, 3.8) is 0 Å². The summed E-state index contributed by atoms with van der Waals surface area (Å²) < 4.78 is 20.4. The van der Waals surface area contributed by atoms with Crippen molar-refractivity contribution in [1.29, 1.82) is 0 Å². The lowest BCUT2D eigenvalue weighted by Crippen LogP contribution is -2.36. The number of carbonyl (C=O) groups is 1. The van der Waals surface area contributed by atoms with E-state index in [0.29, 0.717) is 24.6 Å². The highest BCUT2D eigenvalue weighted by molar-refractivity contribution is 5.90. The normalized spacial score (nSPS) is 12.1. The summed E-state index contributed by atoms with van der Waals surface area (Å²) in [5.41, 5.74) is 1.42. The molecule has 0 radical (unpaired) electrons. The van der Waals surface area contributed by atoms with Gasteiger partial charge in [0.1, 0.15) is 11.6 Å². The average Bonchev–Trinajstić information content (AvgIpc) is 2.96. The molecular weight excluding hydrogens is 325 g/mol. The SMILES string of the molecule is CCOc1cc(F)ccc1NC(=O)NC[C@H](c1cnn(C)c1)N(C)C. The fourth-order valence-electron chi connectivity index (χ4n) is 2.44. The van der Waals surface area contributed by atoms with Crippen molar-refractivity contribution in [2.75, 3.05) is 32.6 Å². The molecule has 0 spiro atoms. The number of benzene rings is 1. The minimum Gasteiger partial charge on any atom is -0.492 e. The van der Waals surface area contributed by atoms with Gasteiger partial charge in [-0.25, -0.2) is 9.18 Å². The topological polar surface area (TPSA) is 71.4 Å². The van der Waals surface area contributed by atoms with Crippen LogP contribution in [0.5, 0.6) is 5.75 Å². The predicted molar refractivity (Wildman–Crippen MR) is 94.2 cm³/mol. The smallest absolute Gasteiger partial charge is 0.319 e. The number of nitrogens with zero attached hydrogens (tertiary/aromatic N) is 3. The lowest BCUT2D eigenvalue weighted by molar-refractivity contribution is 0.243. The molecule has 0 bridgehead atoms. The Balaban J connectivity index is 2.00. The fraction of sp³-hybridized carbons (Fsp3) is 0.412. The molecule has 0 aliphatic heterocycles. The minimum absolute atomic E-state index is 0.0148. The number of anilines is 1. The van der Waals surface area contributed by atoms with E-state index >= 15 is 0 Å². The van der Waals surface area contributed by atoms with Gasteiger partial charge in [-0.05, 0) is 33.2 Å². The van der Waals surface area contributed by atoms with Gasteiger partial charge in [-0.2, -0.15) is 5.10 Å². The van der Waals surface area contributed by atoms with Gasteiger partial charge >= 0.3 is 6.03 Å². The van der Waals surface area contributed by atoms with Crippen LogP contribution in [0.4, 0.5) is 14.9 Å². The summed E-state index contributed by atoms with van der Waals surface area (Å²) in [6, 6.07) is 3.60. The molecule has 2 amide bonds. The van der Waals surface area contributed by atoms with E-state index in [-0.39, 0.29) is 12.1 Å². The Morgan fingerprint density at radius 2 is 2.20 bits per heavy atom. The number of likely N-dealkylation sites (N-methyl/N-ethyl adjacent to an activating group) is 1. The molecule has 0 saturated heterocycles. The van der Waals surface area contributed by atoms with Crippen LogP contribution in [0.25, 0.3) is 0 Å². The number of aromatic nitrogens is 2. The maximum absolute atomic E-state index is 13.3. The second-order valence-electron chi connectivity index (χ2n) is 5.84. The van der Waals surface area contributed by atoms with Crippen LogP contribution in [-0.2, 0) is 7.05 Å². The number of hydrogen-bond acceptors (Lipinski definition) is 4. The number of rotatable bonds is 7. The standard InChI is InChI=1S/C17H24FN5O2/c1-5-25-16-8-13(18)6-7-14(16)21-17(24)19-10-15(22(2)3)12-9-20-23(4)11-12/h6-9,11,15H,5,10H2,1-4H3,(H2,19,21,24)/t15-/m1/s1. The van der Waals surface area contributed by atoms with Gasteiger partial charge in [0.15, 0.2) is 0 Å². The van der Waals surface area contributed by atoms with Crippen molar-refractivity contribution in [2.24, 2.45) is 7.05 Å². The van der Waals surface area contributed by atoms with Crippen LogP contribution in [-0.4, -0.2) is 48.0 Å². The number of ether oxygens (including phenoxy) is 1. The fourth-order valence-corrected chi connectivity index (χ4v) is 2.44. The molecule has 0 aliphatic carbocycles. The second-order valence-corrected chi connectivity index (χ2v) is 5.84. The molecule has 136 valence electrons. The molecule has 2 N–H and O–H groups in total. The van der Waals surface area contributed by atoms with Crippen molar-refractivity contribution in [3.8, 4) is 5.75 Å². The predicted octanol–water partition coefficient (Wildman–Crippen LogP) is 2.38. The molecule has 8 heteroatoms. The van der Waals surface area contributed by atoms with Crippen molar-refractivity contribution in [2.45, 2.75) is 13.0 Å². The summed E-state index contributed by atoms with van der Waals surface area (Å²) in [4.78, 5) is 14.2. The summed E-state index contributed by atoms with van der Waals surface area (Å²) >= 11 is 0. The summed E-state index contributed by atoms with van der Waals surface area (Å²) in [5.74, 6) is -0.118. The van der Waals surface area contributed by atoms with Crippen LogP contribution in [0.15, 0.2) is 30.6 Å². The largest absolute Gasteiger partial charge is 0.492 e. The van der Waals surface area contributed by atoms with Crippen molar-refractivity contribution >= 4 is 11.7 Å². The molecule has 7 nitrogen and oxygen atoms in total. The molecule has 1 heterocycles. The number of halogens is 1. The van der Waals surface area contributed by atoms with Gasteiger partial charge in [0.2, 0.25) is 0 Å². The Kier molecular flexibility index (Phi) is 6.35. The van der Waals surface area contributed by atoms with Crippen LogP contribution in [0, 0.1) is 5.82 Å². The first-order chi connectivity index (χ1) is 11.9. The van der Waals surface area contributed by atoms with Gasteiger partial charge in [0, 0.05) is 31.4 Å². The monoisotopic (exact) mass is 349 g/mol. The summed E-state index contributed by atoms with van der Waals surface area (Å²) in [6.07, 6.45) is 3.69. The van der Waals surface area contributed by atoms with Crippen LogP contribution in [0.3, 0.4) is 0 Å². The molecule has 0 fully saturated rings. The number of aryl methyl sites for hydroxylation is 1. The first-order valence-corrected chi connectivity index (χ1v) is 8.03. The highest BCUT2D eigenvalue weighted by Gasteiger charge is 2.17. The molecule has 1 atom stereocenters. The molecule has 1 aromatic carbocycles. The highest BCUT2D eigenvalue weighted by atomic mass is 19.1. The van der Waals surface area contributed by atoms with E-state index < -0.39 is 5.82 Å². The van der Waals surface area contributed by atoms with Crippen LogP contribution in [0.2, 0.25) is 0 Å². The number of carbonyl (C=O) groups excluding carboxylic acids is 1. The van der Waals surface area contributed by atoms with Crippen molar-refractivity contribution < 1.29 is 13.9 Å². The van der Waals surface area contributed by atoms with Gasteiger partial charge in [-0.1, -0.05) is 0 Å². The third kappa shape index (κ3) is 5.18. The Bertz CT molecular complexity index is 717. The van der Waals surface area contributed by atoms with E-state index in [1.807, 2.05) is 32.2 Å². The number of urea groups is 1. The van der Waals surface area contributed by atoms with E-state index in [2.05, 4.69) is 15.7 Å². The third-order valence-electron chi connectivity index (χ3n) is 3.68. The van der Waals surface area contributed by atoms with Crippen molar-refractivity contribution in [1.82, 2.24) is 20.0 Å². The average molecular weight is 349 g/mol. The second kappa shape index (κ2) is 8.48. The van der Waals surface area contributed by atoms with E-state index in [1.165, 1.54) is 18.2 Å². The first kappa shape index (κ1) is 18.7. The zero-order chi connectivity index (χ0) is 18.4. The Morgan fingerprint density at radius 1 is 1.44 bits per heavy atom. The lowest BCUT2D eigenvalue weighted by Gasteiger charge is -2.23. The molecule has 2 aromatic rings. The number of amides is 2. The lowest BCUT2D eigenvalue weighted by atomic mass is 10.1. The Hall–Kier alpha value is -2.61. The zero-order valence-corrected chi connectivity index (χ0v) is 14.9. The van der Waals surface area contributed by atoms with E-state index in [1.54, 1.807) is 17.8 Å². The van der Waals surface area contributed by atoms with Crippen LogP contribution in [0.1, 0.15) is 18.5 Å². The minimum atomic E-state index is -0.418. The van der Waals surface area contributed by atoms with Gasteiger partial charge in [-0.3, -0.25) is 4.68 Å². The van der Waals surface area contributed by atoms with E-state index in [4.69, 9.17) is 4.74 Å².